The molecule has 2 aromatic heterocycles. The van der Waals surface area contributed by atoms with Crippen molar-refractivity contribution in [3.05, 3.63) is 57.9 Å². The van der Waals surface area contributed by atoms with Crippen LogP contribution in [0.3, 0.4) is 0 Å². The number of carbonyl (C=O) groups is 1. The number of amides is 1. The Kier molecular flexibility index (Phi) is 6.37. The fourth-order valence-corrected chi connectivity index (χ4v) is 4.72. The molecule has 1 aliphatic heterocycles. The molecule has 1 aliphatic rings. The summed E-state index contributed by atoms with van der Waals surface area (Å²) < 4.78 is 1.83. The van der Waals surface area contributed by atoms with Gasteiger partial charge in [0, 0.05) is 37.6 Å². The molecular formula is C25H33N5O. The van der Waals surface area contributed by atoms with E-state index in [1.807, 2.05) is 25.6 Å². The van der Waals surface area contributed by atoms with Gasteiger partial charge in [-0.1, -0.05) is 24.3 Å². The van der Waals surface area contributed by atoms with E-state index in [0.29, 0.717) is 19.4 Å². The Balaban J connectivity index is 1.32. The zero-order chi connectivity index (χ0) is 22.0. The quantitative estimate of drug-likeness (QED) is 0.634. The molecule has 0 spiro atoms. The van der Waals surface area contributed by atoms with E-state index in [1.54, 1.807) is 0 Å². The van der Waals surface area contributed by atoms with Gasteiger partial charge in [0.15, 0.2) is 5.65 Å². The van der Waals surface area contributed by atoms with E-state index >= 15 is 0 Å². The second-order valence-electron chi connectivity index (χ2n) is 8.78. The van der Waals surface area contributed by atoms with Crippen LogP contribution >= 0.6 is 0 Å². The first-order chi connectivity index (χ1) is 14.9. The minimum Gasteiger partial charge on any atom is -0.352 e. The van der Waals surface area contributed by atoms with E-state index in [1.165, 1.54) is 37.1 Å². The predicted molar refractivity (Wildman–Crippen MR) is 124 cm³/mol. The summed E-state index contributed by atoms with van der Waals surface area (Å²) in [6.07, 6.45) is 3.78. The van der Waals surface area contributed by atoms with E-state index in [4.69, 9.17) is 4.98 Å². The molecule has 0 bridgehead atoms. The van der Waals surface area contributed by atoms with Crippen molar-refractivity contribution in [2.24, 2.45) is 7.05 Å². The molecule has 6 heteroatoms. The lowest BCUT2D eigenvalue weighted by Gasteiger charge is -2.15. The van der Waals surface area contributed by atoms with Gasteiger partial charge in [0.05, 0.1) is 5.69 Å². The summed E-state index contributed by atoms with van der Waals surface area (Å²) in [5.41, 5.74) is 7.71. The van der Waals surface area contributed by atoms with Crippen molar-refractivity contribution in [1.29, 1.82) is 0 Å². The van der Waals surface area contributed by atoms with Gasteiger partial charge >= 0.3 is 0 Å². The Bertz CT molecular complexity index is 1080. The average molecular weight is 420 g/mol. The fraction of sp³-hybridized carbons (Fsp3) is 0.480. The molecule has 1 aromatic carbocycles. The molecule has 3 aromatic rings. The van der Waals surface area contributed by atoms with Crippen LogP contribution in [0.5, 0.6) is 0 Å². The number of aryl methyl sites for hydroxylation is 4. The molecule has 0 radical (unpaired) electrons. The molecule has 4 rings (SSSR count). The highest BCUT2D eigenvalue weighted by Gasteiger charge is 2.16. The van der Waals surface area contributed by atoms with Gasteiger partial charge in [0.25, 0.3) is 0 Å². The maximum absolute atomic E-state index is 12.5. The molecule has 6 nitrogen and oxygen atoms in total. The minimum atomic E-state index is 0.0722. The van der Waals surface area contributed by atoms with Crippen LogP contribution in [0.4, 0.5) is 0 Å². The average Bonchev–Trinajstić information content (AvgIpc) is 3.35. The first-order valence-corrected chi connectivity index (χ1v) is 11.3. The molecule has 1 N–H and O–H groups in total. The standard InChI is InChI=1S/C25H33N5O/c1-17-22(18(2)27-25-24(17)19(3)28-29(25)4)11-12-23(31)26-15-20-7-9-21(10-8-20)16-30-13-5-6-14-30/h7-10H,5-6,11-16H2,1-4H3,(H,26,31). The van der Waals surface area contributed by atoms with Gasteiger partial charge in [-0.25, -0.2) is 4.98 Å². The molecule has 0 saturated carbocycles. The topological polar surface area (TPSA) is 63.1 Å². The molecule has 1 fully saturated rings. The van der Waals surface area contributed by atoms with Crippen LogP contribution in [0.2, 0.25) is 0 Å². The highest BCUT2D eigenvalue weighted by molar-refractivity contribution is 5.84. The Hall–Kier alpha value is -2.73. The lowest BCUT2D eigenvalue weighted by molar-refractivity contribution is -0.121. The molecular weight excluding hydrogens is 386 g/mol. The van der Waals surface area contributed by atoms with Crippen LogP contribution < -0.4 is 5.32 Å². The second-order valence-corrected chi connectivity index (χ2v) is 8.78. The summed E-state index contributed by atoms with van der Waals surface area (Å²) in [6, 6.07) is 8.62. The van der Waals surface area contributed by atoms with Gasteiger partial charge in [-0.3, -0.25) is 14.4 Å². The molecule has 1 saturated heterocycles. The zero-order valence-corrected chi connectivity index (χ0v) is 19.2. The van der Waals surface area contributed by atoms with Crippen molar-refractivity contribution in [2.45, 2.75) is 59.5 Å². The van der Waals surface area contributed by atoms with Crippen molar-refractivity contribution in [2.75, 3.05) is 13.1 Å². The minimum absolute atomic E-state index is 0.0722. The van der Waals surface area contributed by atoms with Gasteiger partial charge in [-0.05, 0) is 75.4 Å². The summed E-state index contributed by atoms with van der Waals surface area (Å²) in [5.74, 6) is 0.0722. The third kappa shape index (κ3) is 4.79. The number of fused-ring (bicyclic) bond motifs is 1. The molecule has 31 heavy (non-hydrogen) atoms. The summed E-state index contributed by atoms with van der Waals surface area (Å²) in [4.78, 5) is 19.7. The Morgan fingerprint density at radius 1 is 1.03 bits per heavy atom. The van der Waals surface area contributed by atoms with Crippen molar-refractivity contribution < 1.29 is 4.79 Å². The third-order valence-corrected chi connectivity index (χ3v) is 6.45. The summed E-state index contributed by atoms with van der Waals surface area (Å²) in [6.45, 7) is 10.2. The maximum atomic E-state index is 12.5. The maximum Gasteiger partial charge on any atom is 0.220 e. The van der Waals surface area contributed by atoms with Crippen molar-refractivity contribution in [3.63, 3.8) is 0 Å². The number of hydrogen-bond acceptors (Lipinski definition) is 4. The second kappa shape index (κ2) is 9.18. The van der Waals surface area contributed by atoms with Crippen LogP contribution in [0.15, 0.2) is 24.3 Å². The predicted octanol–water partition coefficient (Wildman–Crippen LogP) is 3.74. The smallest absolute Gasteiger partial charge is 0.220 e. The van der Waals surface area contributed by atoms with Crippen molar-refractivity contribution in [3.8, 4) is 0 Å². The number of rotatable bonds is 7. The van der Waals surface area contributed by atoms with Gasteiger partial charge in [-0.15, -0.1) is 0 Å². The Labute approximate surface area is 184 Å². The highest BCUT2D eigenvalue weighted by Crippen LogP contribution is 2.26. The number of hydrogen-bond donors (Lipinski definition) is 1. The van der Waals surface area contributed by atoms with Crippen LogP contribution in [0.25, 0.3) is 11.0 Å². The van der Waals surface area contributed by atoms with Crippen LogP contribution in [0, 0.1) is 20.8 Å². The lowest BCUT2D eigenvalue weighted by Crippen LogP contribution is -2.23. The molecule has 0 aliphatic carbocycles. The Morgan fingerprint density at radius 3 is 2.42 bits per heavy atom. The number of carbonyl (C=O) groups excluding carboxylic acids is 1. The normalized spacial score (nSPS) is 14.5. The summed E-state index contributed by atoms with van der Waals surface area (Å²) >= 11 is 0. The molecule has 164 valence electrons. The molecule has 3 heterocycles. The van der Waals surface area contributed by atoms with Crippen LogP contribution in [-0.4, -0.2) is 38.7 Å². The van der Waals surface area contributed by atoms with E-state index in [2.05, 4.69) is 46.5 Å². The number of aromatic nitrogens is 3. The van der Waals surface area contributed by atoms with E-state index in [9.17, 15) is 4.79 Å². The van der Waals surface area contributed by atoms with Gasteiger partial charge in [0.2, 0.25) is 5.91 Å². The highest BCUT2D eigenvalue weighted by atomic mass is 16.1. The summed E-state index contributed by atoms with van der Waals surface area (Å²) in [7, 11) is 1.92. The molecule has 1 amide bonds. The van der Waals surface area contributed by atoms with E-state index in [-0.39, 0.29) is 5.91 Å². The largest absolute Gasteiger partial charge is 0.352 e. The number of nitrogens with one attached hydrogen (secondary N) is 1. The monoisotopic (exact) mass is 419 g/mol. The molecule has 0 unspecified atom stereocenters. The first kappa shape index (κ1) is 21.5. The first-order valence-electron chi connectivity index (χ1n) is 11.3. The number of nitrogens with zero attached hydrogens (tertiary/aromatic N) is 4. The van der Waals surface area contributed by atoms with E-state index in [0.717, 1.165) is 40.1 Å². The lowest BCUT2D eigenvalue weighted by atomic mass is 9.99. The third-order valence-electron chi connectivity index (χ3n) is 6.45. The number of benzene rings is 1. The van der Waals surface area contributed by atoms with E-state index < -0.39 is 0 Å². The SMILES string of the molecule is Cc1nc2c(c(C)nn2C)c(C)c1CCC(=O)NCc1ccc(CN2CCCC2)cc1. The Morgan fingerprint density at radius 2 is 1.71 bits per heavy atom. The molecule has 0 atom stereocenters. The van der Waals surface area contributed by atoms with Crippen molar-refractivity contribution in [1.82, 2.24) is 25.0 Å². The van der Waals surface area contributed by atoms with Crippen LogP contribution in [0.1, 0.15) is 52.9 Å². The van der Waals surface area contributed by atoms with Gasteiger partial charge < -0.3 is 5.32 Å². The number of pyridine rings is 1. The van der Waals surface area contributed by atoms with Crippen LogP contribution in [-0.2, 0) is 31.4 Å². The van der Waals surface area contributed by atoms with Gasteiger partial charge in [-0.2, -0.15) is 5.10 Å². The summed E-state index contributed by atoms with van der Waals surface area (Å²) in [5, 5.41) is 8.67. The number of likely N-dealkylation sites (tertiary alicyclic amines) is 1. The van der Waals surface area contributed by atoms with Crippen molar-refractivity contribution >= 4 is 16.9 Å². The zero-order valence-electron chi connectivity index (χ0n) is 19.2. The fourth-order valence-electron chi connectivity index (χ4n) is 4.72. The van der Waals surface area contributed by atoms with Gasteiger partial charge in [0.1, 0.15) is 0 Å².